The average molecular weight is 298 g/mol. The first-order valence-electron chi connectivity index (χ1n) is 7.22. The van der Waals surface area contributed by atoms with Gasteiger partial charge in [0.25, 0.3) is 0 Å². The van der Waals surface area contributed by atoms with Crippen LogP contribution in [0.5, 0.6) is 0 Å². The predicted octanol–water partition coefficient (Wildman–Crippen LogP) is 1.35. The van der Waals surface area contributed by atoms with Crippen LogP contribution in [0.4, 0.5) is 5.82 Å². The van der Waals surface area contributed by atoms with Gasteiger partial charge in [-0.05, 0) is 19.2 Å². The van der Waals surface area contributed by atoms with Crippen molar-refractivity contribution in [3.8, 4) is 11.3 Å². The van der Waals surface area contributed by atoms with Crippen molar-refractivity contribution in [2.45, 2.75) is 6.04 Å². The lowest BCUT2D eigenvalue weighted by Gasteiger charge is -2.37. The van der Waals surface area contributed by atoms with Crippen LogP contribution in [0.2, 0.25) is 0 Å². The minimum Gasteiger partial charge on any atom is -0.480 e. The van der Waals surface area contributed by atoms with Crippen LogP contribution < -0.4 is 4.90 Å². The second-order valence-electron chi connectivity index (χ2n) is 5.42. The van der Waals surface area contributed by atoms with E-state index in [0.29, 0.717) is 13.1 Å². The van der Waals surface area contributed by atoms with E-state index < -0.39 is 12.0 Å². The van der Waals surface area contributed by atoms with E-state index in [-0.39, 0.29) is 0 Å². The highest BCUT2D eigenvalue weighted by molar-refractivity contribution is 5.74. The molecular formula is C16H18N4O2. The first-order chi connectivity index (χ1) is 10.6. The summed E-state index contributed by atoms with van der Waals surface area (Å²) >= 11 is 0. The molecule has 1 aliphatic heterocycles. The number of nitrogens with zero attached hydrogens (tertiary/aromatic N) is 4. The van der Waals surface area contributed by atoms with Gasteiger partial charge in [-0.25, -0.2) is 0 Å². The number of carbonyl (C=O) groups is 1. The lowest BCUT2D eigenvalue weighted by Crippen LogP contribution is -2.55. The van der Waals surface area contributed by atoms with E-state index in [0.717, 1.165) is 23.6 Å². The number of carboxylic acid groups (broad SMARTS) is 1. The maximum atomic E-state index is 11.3. The molecule has 0 bridgehead atoms. The molecule has 22 heavy (non-hydrogen) atoms. The number of aromatic nitrogens is 2. The quantitative estimate of drug-likeness (QED) is 0.922. The molecule has 0 spiro atoms. The van der Waals surface area contributed by atoms with Crippen molar-refractivity contribution in [2.75, 3.05) is 31.6 Å². The summed E-state index contributed by atoms with van der Waals surface area (Å²) in [6, 6.07) is 13.2. The van der Waals surface area contributed by atoms with Crippen molar-refractivity contribution < 1.29 is 9.90 Å². The first kappa shape index (κ1) is 14.5. The highest BCUT2D eigenvalue weighted by Gasteiger charge is 2.30. The lowest BCUT2D eigenvalue weighted by atomic mass is 10.1. The van der Waals surface area contributed by atoms with Crippen molar-refractivity contribution in [3.63, 3.8) is 0 Å². The van der Waals surface area contributed by atoms with Crippen LogP contribution in [0.15, 0.2) is 42.5 Å². The molecule has 0 aliphatic carbocycles. The first-order valence-corrected chi connectivity index (χ1v) is 7.22. The number of anilines is 1. The van der Waals surface area contributed by atoms with Gasteiger partial charge < -0.3 is 10.0 Å². The minimum absolute atomic E-state index is 0.422. The number of hydrogen-bond acceptors (Lipinski definition) is 5. The minimum atomic E-state index is -0.805. The molecule has 1 saturated heterocycles. The van der Waals surface area contributed by atoms with Crippen LogP contribution in [-0.4, -0.2) is 58.9 Å². The van der Waals surface area contributed by atoms with Crippen LogP contribution >= 0.6 is 0 Å². The number of rotatable bonds is 3. The van der Waals surface area contributed by atoms with E-state index in [2.05, 4.69) is 10.2 Å². The van der Waals surface area contributed by atoms with Gasteiger partial charge in [-0.3, -0.25) is 9.69 Å². The van der Waals surface area contributed by atoms with Crippen molar-refractivity contribution in [1.29, 1.82) is 0 Å². The molecule has 2 aromatic rings. The average Bonchev–Trinajstić information content (AvgIpc) is 2.56. The zero-order valence-electron chi connectivity index (χ0n) is 12.4. The van der Waals surface area contributed by atoms with Gasteiger partial charge in [0.05, 0.1) is 5.69 Å². The summed E-state index contributed by atoms with van der Waals surface area (Å²) in [4.78, 5) is 15.1. The Kier molecular flexibility index (Phi) is 4.02. The summed E-state index contributed by atoms with van der Waals surface area (Å²) in [5, 5.41) is 17.8. The molecule has 1 aromatic heterocycles. The van der Waals surface area contributed by atoms with E-state index in [1.165, 1.54) is 0 Å². The van der Waals surface area contributed by atoms with Crippen LogP contribution in [0.3, 0.4) is 0 Å². The summed E-state index contributed by atoms with van der Waals surface area (Å²) in [6.45, 7) is 1.87. The third-order valence-electron chi connectivity index (χ3n) is 3.98. The molecule has 0 radical (unpaired) electrons. The molecule has 6 nitrogen and oxygen atoms in total. The maximum Gasteiger partial charge on any atom is 0.322 e. The van der Waals surface area contributed by atoms with Gasteiger partial charge >= 0.3 is 5.97 Å². The molecular weight excluding hydrogens is 280 g/mol. The maximum absolute atomic E-state index is 11.3. The summed E-state index contributed by atoms with van der Waals surface area (Å²) in [6.07, 6.45) is 0. The number of aliphatic carboxylic acids is 1. The molecule has 0 amide bonds. The van der Waals surface area contributed by atoms with E-state index in [9.17, 15) is 9.90 Å². The van der Waals surface area contributed by atoms with Crippen LogP contribution in [0, 0.1) is 0 Å². The topological polar surface area (TPSA) is 69.6 Å². The zero-order chi connectivity index (χ0) is 15.5. The Morgan fingerprint density at radius 3 is 2.55 bits per heavy atom. The Bertz CT molecular complexity index is 645. The van der Waals surface area contributed by atoms with Gasteiger partial charge in [0, 0.05) is 25.2 Å². The zero-order valence-corrected chi connectivity index (χ0v) is 12.4. The standard InChI is InChI=1S/C16H18N4O2/c1-19-9-10-20(11-14(19)16(21)22)15-8-7-13(17-18-15)12-5-3-2-4-6-12/h2-8,14H,9-11H2,1H3,(H,21,22)/t14-/m1/s1. The second kappa shape index (κ2) is 6.11. The van der Waals surface area contributed by atoms with Gasteiger partial charge in [-0.2, -0.15) is 0 Å². The Morgan fingerprint density at radius 1 is 1.14 bits per heavy atom. The Morgan fingerprint density at radius 2 is 1.91 bits per heavy atom. The Balaban J connectivity index is 1.77. The van der Waals surface area contributed by atoms with Gasteiger partial charge in [0.2, 0.25) is 0 Å². The molecule has 1 atom stereocenters. The highest BCUT2D eigenvalue weighted by atomic mass is 16.4. The fraction of sp³-hybridized carbons (Fsp3) is 0.312. The Hall–Kier alpha value is -2.47. The number of piperazine rings is 1. The fourth-order valence-corrected chi connectivity index (χ4v) is 2.61. The molecule has 1 fully saturated rings. The van der Waals surface area contributed by atoms with Crippen LogP contribution in [0.25, 0.3) is 11.3 Å². The summed E-state index contributed by atoms with van der Waals surface area (Å²) < 4.78 is 0. The number of carboxylic acids is 1. The van der Waals surface area contributed by atoms with E-state index in [1.54, 1.807) is 0 Å². The fourth-order valence-electron chi connectivity index (χ4n) is 2.61. The third-order valence-corrected chi connectivity index (χ3v) is 3.98. The third kappa shape index (κ3) is 2.92. The van der Waals surface area contributed by atoms with E-state index in [4.69, 9.17) is 0 Å². The van der Waals surface area contributed by atoms with Gasteiger partial charge in [0.15, 0.2) is 5.82 Å². The molecule has 1 aromatic carbocycles. The van der Waals surface area contributed by atoms with Gasteiger partial charge in [0.1, 0.15) is 6.04 Å². The lowest BCUT2D eigenvalue weighted by molar-refractivity contribution is -0.142. The smallest absolute Gasteiger partial charge is 0.322 e. The van der Waals surface area contributed by atoms with Gasteiger partial charge in [-0.15, -0.1) is 10.2 Å². The van der Waals surface area contributed by atoms with Gasteiger partial charge in [-0.1, -0.05) is 30.3 Å². The molecule has 3 rings (SSSR count). The number of hydrogen-bond donors (Lipinski definition) is 1. The molecule has 6 heteroatoms. The summed E-state index contributed by atoms with van der Waals surface area (Å²) in [5.41, 5.74) is 1.83. The number of benzene rings is 1. The van der Waals surface area contributed by atoms with Crippen LogP contribution in [0.1, 0.15) is 0 Å². The summed E-state index contributed by atoms with van der Waals surface area (Å²) in [7, 11) is 1.83. The second-order valence-corrected chi connectivity index (χ2v) is 5.42. The normalized spacial score (nSPS) is 19.1. The SMILES string of the molecule is CN1CCN(c2ccc(-c3ccccc3)nn2)C[C@@H]1C(=O)O. The highest BCUT2D eigenvalue weighted by Crippen LogP contribution is 2.20. The predicted molar refractivity (Wildman–Crippen MR) is 83.7 cm³/mol. The monoisotopic (exact) mass is 298 g/mol. The molecule has 114 valence electrons. The molecule has 1 aliphatic rings. The van der Waals surface area contributed by atoms with E-state index in [1.807, 2.05) is 59.3 Å². The van der Waals surface area contributed by atoms with E-state index >= 15 is 0 Å². The molecule has 1 N–H and O–H groups in total. The van der Waals surface area contributed by atoms with Crippen molar-refractivity contribution in [2.24, 2.45) is 0 Å². The number of likely N-dealkylation sites (N-methyl/N-ethyl adjacent to an activating group) is 1. The van der Waals surface area contributed by atoms with Crippen LogP contribution in [-0.2, 0) is 4.79 Å². The molecule has 0 saturated carbocycles. The Labute approximate surface area is 129 Å². The summed E-state index contributed by atoms with van der Waals surface area (Å²) in [5.74, 6) is -0.0832. The van der Waals surface area contributed by atoms with Crippen molar-refractivity contribution in [3.05, 3.63) is 42.5 Å². The van der Waals surface area contributed by atoms with Crippen molar-refractivity contribution in [1.82, 2.24) is 15.1 Å². The molecule has 2 heterocycles. The largest absolute Gasteiger partial charge is 0.480 e. The molecule has 0 unspecified atom stereocenters. The van der Waals surface area contributed by atoms with Crippen molar-refractivity contribution >= 4 is 11.8 Å².